The summed E-state index contributed by atoms with van der Waals surface area (Å²) in [5.41, 5.74) is 4.38. The van der Waals surface area contributed by atoms with Gasteiger partial charge in [-0.2, -0.15) is 9.67 Å². The molecule has 3 rings (SSSR count). The number of thioether (sulfide) groups is 1. The lowest BCUT2D eigenvalue weighted by atomic mass is 10.1. The molecular weight excluding hydrogens is 304 g/mol. The highest BCUT2D eigenvalue weighted by Crippen LogP contribution is 2.25. The predicted molar refractivity (Wildman–Crippen MR) is 96.3 cm³/mol. The molecule has 0 fully saturated rings. The Balaban J connectivity index is 2.08. The SMILES string of the molecule is CSc1nc(/N=C\c2ccccc2)n(-c2c(C)cccc2C)n1. The molecule has 1 aromatic heterocycles. The number of hydrogen-bond donors (Lipinski definition) is 0. The fourth-order valence-electron chi connectivity index (χ4n) is 2.42. The van der Waals surface area contributed by atoms with E-state index in [4.69, 9.17) is 0 Å². The van der Waals surface area contributed by atoms with Crippen LogP contribution in [-0.4, -0.2) is 27.2 Å². The molecule has 0 saturated carbocycles. The van der Waals surface area contributed by atoms with E-state index in [1.807, 2.05) is 53.6 Å². The van der Waals surface area contributed by atoms with Crippen LogP contribution in [-0.2, 0) is 0 Å². The number of para-hydroxylation sites is 1. The fourth-order valence-corrected chi connectivity index (χ4v) is 2.75. The van der Waals surface area contributed by atoms with Crippen LogP contribution in [0.1, 0.15) is 16.7 Å². The lowest BCUT2D eigenvalue weighted by Crippen LogP contribution is -2.02. The molecule has 5 heteroatoms. The lowest BCUT2D eigenvalue weighted by molar-refractivity contribution is 0.825. The largest absolute Gasteiger partial charge is 0.253 e. The molecule has 0 atom stereocenters. The third-order valence-corrected chi connectivity index (χ3v) is 4.07. The lowest BCUT2D eigenvalue weighted by Gasteiger charge is -2.09. The molecule has 4 nitrogen and oxygen atoms in total. The third-order valence-electron chi connectivity index (χ3n) is 3.53. The monoisotopic (exact) mass is 322 g/mol. The van der Waals surface area contributed by atoms with Crippen molar-refractivity contribution >= 4 is 23.9 Å². The zero-order valence-corrected chi connectivity index (χ0v) is 14.2. The van der Waals surface area contributed by atoms with Crippen molar-refractivity contribution in [2.45, 2.75) is 19.0 Å². The quantitative estimate of drug-likeness (QED) is 0.529. The summed E-state index contributed by atoms with van der Waals surface area (Å²) in [6.45, 7) is 4.15. The van der Waals surface area contributed by atoms with Crippen molar-refractivity contribution in [1.82, 2.24) is 14.8 Å². The molecular formula is C18H18N4S. The van der Waals surface area contributed by atoms with E-state index >= 15 is 0 Å². The van der Waals surface area contributed by atoms with Crippen molar-refractivity contribution in [3.8, 4) is 5.69 Å². The summed E-state index contributed by atoms with van der Waals surface area (Å²) >= 11 is 1.51. The second-order valence-electron chi connectivity index (χ2n) is 5.22. The first kappa shape index (κ1) is 15.5. The first-order chi connectivity index (χ1) is 11.2. The van der Waals surface area contributed by atoms with Gasteiger partial charge in [0.05, 0.1) is 5.69 Å². The van der Waals surface area contributed by atoms with Gasteiger partial charge >= 0.3 is 0 Å². The van der Waals surface area contributed by atoms with E-state index < -0.39 is 0 Å². The highest BCUT2D eigenvalue weighted by Gasteiger charge is 2.13. The van der Waals surface area contributed by atoms with E-state index in [0.29, 0.717) is 11.1 Å². The van der Waals surface area contributed by atoms with E-state index in [0.717, 1.165) is 22.4 Å². The number of hydrogen-bond acceptors (Lipinski definition) is 4. The molecule has 1 heterocycles. The van der Waals surface area contributed by atoms with E-state index in [1.165, 1.54) is 11.8 Å². The van der Waals surface area contributed by atoms with Crippen LogP contribution in [0.3, 0.4) is 0 Å². The van der Waals surface area contributed by atoms with Crippen molar-refractivity contribution in [2.24, 2.45) is 4.99 Å². The normalized spacial score (nSPS) is 11.3. The Bertz CT molecular complexity index is 817. The van der Waals surface area contributed by atoms with Crippen molar-refractivity contribution in [1.29, 1.82) is 0 Å². The Morgan fingerprint density at radius 3 is 2.35 bits per heavy atom. The molecule has 0 radical (unpaired) electrons. The molecule has 3 aromatic rings. The molecule has 0 bridgehead atoms. The number of aryl methyl sites for hydroxylation is 2. The first-order valence-corrected chi connectivity index (χ1v) is 8.58. The summed E-state index contributed by atoms with van der Waals surface area (Å²) in [4.78, 5) is 9.07. The Morgan fingerprint density at radius 2 is 1.70 bits per heavy atom. The highest BCUT2D eigenvalue weighted by atomic mass is 32.2. The maximum Gasteiger partial charge on any atom is 0.253 e. The van der Waals surface area contributed by atoms with E-state index in [9.17, 15) is 0 Å². The Labute approximate surface area is 140 Å². The van der Waals surface area contributed by atoms with Crippen molar-refractivity contribution < 1.29 is 0 Å². The van der Waals surface area contributed by atoms with Gasteiger partial charge in [0, 0.05) is 6.21 Å². The first-order valence-electron chi connectivity index (χ1n) is 7.36. The van der Waals surface area contributed by atoms with E-state index in [1.54, 1.807) is 0 Å². The van der Waals surface area contributed by atoms with Gasteiger partial charge in [-0.15, -0.1) is 5.10 Å². The maximum atomic E-state index is 4.59. The summed E-state index contributed by atoms with van der Waals surface area (Å²) in [6, 6.07) is 16.2. The van der Waals surface area contributed by atoms with Crippen molar-refractivity contribution in [3.05, 3.63) is 65.2 Å². The van der Waals surface area contributed by atoms with Gasteiger partial charge < -0.3 is 0 Å². The van der Waals surface area contributed by atoms with Gasteiger partial charge in [-0.3, -0.25) is 0 Å². The molecule has 23 heavy (non-hydrogen) atoms. The number of benzene rings is 2. The number of aliphatic imine (C=N–C) groups is 1. The van der Waals surface area contributed by atoms with E-state index in [-0.39, 0.29) is 0 Å². The number of nitrogens with zero attached hydrogens (tertiary/aromatic N) is 4. The zero-order chi connectivity index (χ0) is 16.2. The fraction of sp³-hybridized carbons (Fsp3) is 0.167. The van der Waals surface area contributed by atoms with Crippen molar-refractivity contribution in [2.75, 3.05) is 6.26 Å². The summed E-state index contributed by atoms with van der Waals surface area (Å²) < 4.78 is 1.83. The Morgan fingerprint density at radius 1 is 1.00 bits per heavy atom. The summed E-state index contributed by atoms with van der Waals surface area (Å²) in [7, 11) is 0. The molecule has 0 N–H and O–H groups in total. The second-order valence-corrected chi connectivity index (χ2v) is 5.99. The van der Waals surface area contributed by atoms with Crippen molar-refractivity contribution in [3.63, 3.8) is 0 Å². The molecule has 0 unspecified atom stereocenters. The molecule has 0 aliphatic carbocycles. The van der Waals surface area contributed by atoms with E-state index in [2.05, 4.69) is 41.1 Å². The minimum atomic E-state index is 0.593. The average molecular weight is 322 g/mol. The summed E-state index contributed by atoms with van der Waals surface area (Å²) in [5, 5.41) is 5.30. The molecule has 0 saturated heterocycles. The third kappa shape index (κ3) is 3.35. The Kier molecular flexibility index (Phi) is 4.57. The van der Waals surface area contributed by atoms with Gasteiger partial charge in [0.25, 0.3) is 5.95 Å². The molecule has 0 amide bonds. The number of rotatable bonds is 4. The van der Waals surface area contributed by atoms with Gasteiger partial charge in [-0.1, -0.05) is 60.3 Å². The minimum absolute atomic E-state index is 0.593. The molecule has 0 aliphatic heterocycles. The Hall–Kier alpha value is -2.40. The van der Waals surface area contributed by atoms with Crippen LogP contribution in [0.2, 0.25) is 0 Å². The molecule has 2 aromatic carbocycles. The molecule has 0 spiro atoms. The minimum Gasteiger partial charge on any atom is -0.219 e. The smallest absolute Gasteiger partial charge is 0.219 e. The van der Waals surface area contributed by atoms with Gasteiger partial charge in [0.2, 0.25) is 5.16 Å². The standard InChI is InChI=1S/C18H18N4S/c1-13-8-7-9-14(2)16(13)22-17(20-18(21-22)23-3)19-12-15-10-5-4-6-11-15/h4-12H,1-3H3/b19-12-. The maximum absolute atomic E-state index is 4.59. The van der Waals surface area contributed by atoms with Crippen LogP contribution in [0.25, 0.3) is 5.69 Å². The molecule has 0 aliphatic rings. The van der Waals surface area contributed by atoms with Gasteiger partial charge in [-0.25, -0.2) is 4.99 Å². The van der Waals surface area contributed by atoms with Crippen LogP contribution in [0.4, 0.5) is 5.95 Å². The van der Waals surface area contributed by atoms with Crippen LogP contribution in [0.15, 0.2) is 58.7 Å². The van der Waals surface area contributed by atoms with Gasteiger partial charge in [0.1, 0.15) is 0 Å². The highest BCUT2D eigenvalue weighted by molar-refractivity contribution is 7.98. The van der Waals surface area contributed by atoms with Crippen LogP contribution in [0, 0.1) is 13.8 Å². The predicted octanol–water partition coefficient (Wildman–Crippen LogP) is 4.36. The van der Waals surface area contributed by atoms with Crippen LogP contribution >= 0.6 is 11.8 Å². The van der Waals surface area contributed by atoms with Gasteiger partial charge in [0.15, 0.2) is 0 Å². The van der Waals surface area contributed by atoms with Crippen LogP contribution in [0.5, 0.6) is 0 Å². The number of aromatic nitrogens is 3. The topological polar surface area (TPSA) is 43.1 Å². The average Bonchev–Trinajstić information content (AvgIpc) is 2.97. The summed E-state index contributed by atoms with van der Waals surface area (Å²) in [5.74, 6) is 0.593. The van der Waals surface area contributed by atoms with Gasteiger partial charge in [-0.05, 0) is 36.8 Å². The summed E-state index contributed by atoms with van der Waals surface area (Å²) in [6.07, 6.45) is 3.79. The zero-order valence-electron chi connectivity index (χ0n) is 13.4. The van der Waals surface area contributed by atoms with Crippen LogP contribution < -0.4 is 0 Å². The second kappa shape index (κ2) is 6.79. The molecule has 116 valence electrons.